The molecule has 0 saturated heterocycles. The summed E-state index contributed by atoms with van der Waals surface area (Å²) in [6.45, 7) is 3.90. The third-order valence-electron chi connectivity index (χ3n) is 3.48. The van der Waals surface area contributed by atoms with Gasteiger partial charge in [-0.25, -0.2) is 0 Å². The van der Waals surface area contributed by atoms with Crippen molar-refractivity contribution < 1.29 is 0 Å². The van der Waals surface area contributed by atoms with Crippen LogP contribution in [0.25, 0.3) is 0 Å². The van der Waals surface area contributed by atoms with Crippen molar-refractivity contribution in [3.05, 3.63) is 66.6 Å². The first-order chi connectivity index (χ1) is 9.43. The van der Waals surface area contributed by atoms with Crippen LogP contribution in [0, 0.1) is 13.8 Å². The normalized spacial score (nSPS) is 10.9. The molecule has 106 valence electrons. The molecule has 2 aromatic carbocycles. The Morgan fingerprint density at radius 1 is 0.750 bits per heavy atom. The fourth-order valence-corrected chi connectivity index (χ4v) is 3.33. The Kier molecular flexibility index (Phi) is 5.25. The van der Waals surface area contributed by atoms with Gasteiger partial charge in [-0.15, -0.1) is 0 Å². The molecular weight excluding hydrogens is 334 g/mol. The minimum atomic E-state index is 0.487. The van der Waals surface area contributed by atoms with Crippen LogP contribution >= 0.6 is 46.4 Å². The molecule has 20 heavy (non-hydrogen) atoms. The standard InChI is InChI=1S/C16H14Cl4/c1-9-5-3-4-6-11(9)7-8-12-15(19)13(17)10(2)14(18)16(12)20/h3-6H,7-8H2,1-2H3. The van der Waals surface area contributed by atoms with Crippen LogP contribution in [0.3, 0.4) is 0 Å². The summed E-state index contributed by atoms with van der Waals surface area (Å²) in [5, 5.41) is 1.99. The van der Waals surface area contributed by atoms with Crippen molar-refractivity contribution in [2.75, 3.05) is 0 Å². The molecule has 0 radical (unpaired) electrons. The summed E-state index contributed by atoms with van der Waals surface area (Å²) in [7, 11) is 0. The summed E-state index contributed by atoms with van der Waals surface area (Å²) in [6, 6.07) is 8.25. The van der Waals surface area contributed by atoms with Crippen molar-refractivity contribution in [3.63, 3.8) is 0 Å². The number of hydrogen-bond acceptors (Lipinski definition) is 0. The molecule has 0 N–H and O–H groups in total. The minimum absolute atomic E-state index is 0.487. The van der Waals surface area contributed by atoms with E-state index in [1.165, 1.54) is 11.1 Å². The van der Waals surface area contributed by atoms with E-state index in [1.807, 2.05) is 19.1 Å². The molecule has 0 saturated carbocycles. The largest absolute Gasteiger partial charge is 0.0824 e. The van der Waals surface area contributed by atoms with Gasteiger partial charge in [0.05, 0.1) is 20.1 Å². The molecule has 0 aliphatic rings. The molecule has 0 unspecified atom stereocenters. The summed E-state index contributed by atoms with van der Waals surface area (Å²) in [6.07, 6.45) is 1.56. The highest BCUT2D eigenvalue weighted by Crippen LogP contribution is 2.41. The van der Waals surface area contributed by atoms with Crippen LogP contribution in [-0.4, -0.2) is 0 Å². The van der Waals surface area contributed by atoms with Gasteiger partial charge < -0.3 is 0 Å². The van der Waals surface area contributed by atoms with Crippen LogP contribution in [0.4, 0.5) is 0 Å². The van der Waals surface area contributed by atoms with Crippen LogP contribution in [0.5, 0.6) is 0 Å². The van der Waals surface area contributed by atoms with E-state index >= 15 is 0 Å². The third kappa shape index (κ3) is 3.09. The maximum atomic E-state index is 6.31. The van der Waals surface area contributed by atoms with Gasteiger partial charge in [0, 0.05) is 0 Å². The number of benzene rings is 2. The van der Waals surface area contributed by atoms with Gasteiger partial charge in [0.1, 0.15) is 0 Å². The van der Waals surface area contributed by atoms with Gasteiger partial charge in [0.25, 0.3) is 0 Å². The summed E-state index contributed by atoms with van der Waals surface area (Å²) in [4.78, 5) is 0. The van der Waals surface area contributed by atoms with Crippen molar-refractivity contribution in [3.8, 4) is 0 Å². The van der Waals surface area contributed by atoms with E-state index < -0.39 is 0 Å². The van der Waals surface area contributed by atoms with E-state index in [1.54, 1.807) is 0 Å². The molecule has 0 aliphatic heterocycles. The predicted octanol–water partition coefficient (Wildman–Crippen LogP) is 6.70. The molecule has 4 heteroatoms. The predicted molar refractivity (Wildman–Crippen MR) is 89.8 cm³/mol. The van der Waals surface area contributed by atoms with Crippen LogP contribution in [0.1, 0.15) is 22.3 Å². The summed E-state index contributed by atoms with van der Waals surface area (Å²) < 4.78 is 0. The number of halogens is 4. The van der Waals surface area contributed by atoms with Gasteiger partial charge in [-0.05, 0) is 48.9 Å². The molecule has 2 aromatic rings. The van der Waals surface area contributed by atoms with E-state index in [4.69, 9.17) is 46.4 Å². The van der Waals surface area contributed by atoms with Crippen molar-refractivity contribution in [2.45, 2.75) is 26.7 Å². The number of hydrogen-bond donors (Lipinski definition) is 0. The molecule has 0 aliphatic carbocycles. The molecule has 0 bridgehead atoms. The zero-order valence-electron chi connectivity index (χ0n) is 11.2. The number of aryl methyl sites for hydroxylation is 2. The Balaban J connectivity index is 2.33. The maximum absolute atomic E-state index is 6.31. The molecule has 2 rings (SSSR count). The Bertz CT molecular complexity index is 618. The van der Waals surface area contributed by atoms with Crippen molar-refractivity contribution in [1.29, 1.82) is 0 Å². The van der Waals surface area contributed by atoms with E-state index in [0.717, 1.165) is 17.5 Å². The second-order valence-corrected chi connectivity index (χ2v) is 6.30. The Labute approximate surface area is 139 Å². The first-order valence-electron chi connectivity index (χ1n) is 6.29. The fourth-order valence-electron chi connectivity index (χ4n) is 2.16. The van der Waals surface area contributed by atoms with E-state index in [0.29, 0.717) is 26.5 Å². The van der Waals surface area contributed by atoms with E-state index in [9.17, 15) is 0 Å². The highest BCUT2D eigenvalue weighted by atomic mass is 35.5. The van der Waals surface area contributed by atoms with Gasteiger partial charge in [0.2, 0.25) is 0 Å². The van der Waals surface area contributed by atoms with Gasteiger partial charge in [-0.2, -0.15) is 0 Å². The van der Waals surface area contributed by atoms with Gasteiger partial charge in [-0.3, -0.25) is 0 Å². The van der Waals surface area contributed by atoms with Crippen molar-refractivity contribution >= 4 is 46.4 Å². The fraction of sp³-hybridized carbons (Fsp3) is 0.250. The first-order valence-corrected chi connectivity index (χ1v) is 7.80. The molecule has 0 fully saturated rings. The monoisotopic (exact) mass is 346 g/mol. The highest BCUT2D eigenvalue weighted by Gasteiger charge is 2.17. The summed E-state index contributed by atoms with van der Waals surface area (Å²) in [5.41, 5.74) is 4.07. The second-order valence-electron chi connectivity index (χ2n) is 4.79. The first kappa shape index (κ1) is 16.0. The molecule has 0 amide bonds. The van der Waals surface area contributed by atoms with Crippen molar-refractivity contribution in [2.24, 2.45) is 0 Å². The van der Waals surface area contributed by atoms with Crippen LogP contribution in [0.15, 0.2) is 24.3 Å². The summed E-state index contributed by atoms with van der Waals surface area (Å²) >= 11 is 25.0. The Hall–Kier alpha value is -0.400. The van der Waals surface area contributed by atoms with Crippen LogP contribution in [-0.2, 0) is 12.8 Å². The van der Waals surface area contributed by atoms with Crippen LogP contribution < -0.4 is 0 Å². The van der Waals surface area contributed by atoms with Gasteiger partial charge in [-0.1, -0.05) is 70.7 Å². The minimum Gasteiger partial charge on any atom is -0.0824 e. The Morgan fingerprint density at radius 2 is 1.30 bits per heavy atom. The summed E-state index contributed by atoms with van der Waals surface area (Å²) in [5.74, 6) is 0. The quantitative estimate of drug-likeness (QED) is 0.541. The Morgan fingerprint density at radius 3 is 1.85 bits per heavy atom. The lowest BCUT2D eigenvalue weighted by molar-refractivity contribution is 0.949. The lowest BCUT2D eigenvalue weighted by atomic mass is 10.00. The topological polar surface area (TPSA) is 0 Å². The number of rotatable bonds is 3. The third-order valence-corrected chi connectivity index (χ3v) is 5.45. The zero-order chi connectivity index (χ0) is 14.9. The molecule has 0 spiro atoms. The molecule has 0 aromatic heterocycles. The maximum Gasteiger partial charge on any atom is 0.0643 e. The molecule has 0 heterocycles. The average molecular weight is 348 g/mol. The molecule has 0 atom stereocenters. The molecular formula is C16H14Cl4. The zero-order valence-corrected chi connectivity index (χ0v) is 14.3. The average Bonchev–Trinajstić information content (AvgIpc) is 2.45. The van der Waals surface area contributed by atoms with Gasteiger partial charge >= 0.3 is 0 Å². The lowest BCUT2D eigenvalue weighted by Gasteiger charge is -2.14. The van der Waals surface area contributed by atoms with Crippen LogP contribution in [0.2, 0.25) is 20.1 Å². The SMILES string of the molecule is Cc1ccccc1CCc1c(Cl)c(Cl)c(C)c(Cl)c1Cl. The van der Waals surface area contributed by atoms with E-state index in [2.05, 4.69) is 19.1 Å². The van der Waals surface area contributed by atoms with Gasteiger partial charge in [0.15, 0.2) is 0 Å². The second kappa shape index (κ2) is 6.58. The van der Waals surface area contributed by atoms with Crippen molar-refractivity contribution in [1.82, 2.24) is 0 Å². The smallest absolute Gasteiger partial charge is 0.0643 e. The highest BCUT2D eigenvalue weighted by molar-refractivity contribution is 6.48. The molecule has 0 nitrogen and oxygen atoms in total. The lowest BCUT2D eigenvalue weighted by Crippen LogP contribution is -1.98. The van der Waals surface area contributed by atoms with E-state index in [-0.39, 0.29) is 0 Å².